The van der Waals surface area contributed by atoms with E-state index in [0.29, 0.717) is 44.4 Å². The summed E-state index contributed by atoms with van der Waals surface area (Å²) >= 11 is 0. The van der Waals surface area contributed by atoms with Crippen molar-refractivity contribution in [1.82, 2.24) is 9.80 Å². The monoisotopic (exact) mass is 450 g/mol. The molecule has 0 bridgehead atoms. The predicted molar refractivity (Wildman–Crippen MR) is 127 cm³/mol. The van der Waals surface area contributed by atoms with E-state index in [2.05, 4.69) is 23.6 Å². The van der Waals surface area contributed by atoms with Gasteiger partial charge in [0, 0.05) is 38.8 Å². The number of hydrogen-bond donors (Lipinski definition) is 0. The lowest BCUT2D eigenvalue weighted by atomic mass is 10.1. The zero-order valence-electron chi connectivity index (χ0n) is 19.0. The molecule has 2 aromatic rings. The van der Waals surface area contributed by atoms with Crippen LogP contribution < -0.4 is 18.9 Å². The average molecular weight is 451 g/mol. The maximum absolute atomic E-state index is 12.7. The minimum Gasteiger partial charge on any atom is -0.493 e. The van der Waals surface area contributed by atoms with Crippen LogP contribution >= 0.6 is 0 Å². The first kappa shape index (κ1) is 22.7. The van der Waals surface area contributed by atoms with Gasteiger partial charge in [-0.3, -0.25) is 9.69 Å². The van der Waals surface area contributed by atoms with Crippen molar-refractivity contribution in [3.05, 3.63) is 66.3 Å². The number of amides is 1. The first-order chi connectivity index (χ1) is 16.2. The third kappa shape index (κ3) is 5.87. The van der Waals surface area contributed by atoms with E-state index in [1.165, 1.54) is 5.56 Å². The molecule has 0 N–H and O–H groups in total. The standard InChI is InChI=1S/C26H30N2O5/c1-3-14-31-22-7-4-20(17-24(22)30-2)6-9-26(29)28-12-10-27(11-13-28)19-21-5-8-23-25(18-21)33-16-15-32-23/h3-9,17-18H,1,10-16,19H2,2H3/b9-6+. The van der Waals surface area contributed by atoms with Gasteiger partial charge in [-0.05, 0) is 41.5 Å². The van der Waals surface area contributed by atoms with Gasteiger partial charge in [-0.25, -0.2) is 0 Å². The van der Waals surface area contributed by atoms with Crippen LogP contribution in [-0.2, 0) is 11.3 Å². The van der Waals surface area contributed by atoms with Crippen LogP contribution in [0.25, 0.3) is 6.08 Å². The largest absolute Gasteiger partial charge is 0.493 e. The van der Waals surface area contributed by atoms with Crippen molar-refractivity contribution in [3.8, 4) is 23.0 Å². The molecular formula is C26H30N2O5. The van der Waals surface area contributed by atoms with Crippen molar-refractivity contribution in [1.29, 1.82) is 0 Å². The number of hydrogen-bond acceptors (Lipinski definition) is 6. The van der Waals surface area contributed by atoms with Crippen LogP contribution in [0.5, 0.6) is 23.0 Å². The normalized spacial score (nSPS) is 16.0. The zero-order chi connectivity index (χ0) is 23.0. The quantitative estimate of drug-likeness (QED) is 0.454. The third-order valence-corrected chi connectivity index (χ3v) is 5.66. The number of rotatable bonds is 8. The molecule has 0 saturated carbocycles. The Morgan fingerprint density at radius 2 is 1.82 bits per heavy atom. The van der Waals surface area contributed by atoms with Gasteiger partial charge in [0.05, 0.1) is 7.11 Å². The van der Waals surface area contributed by atoms with Crippen LogP contribution in [-0.4, -0.2) is 68.8 Å². The number of ether oxygens (including phenoxy) is 4. The Bertz CT molecular complexity index is 1010. The fourth-order valence-electron chi connectivity index (χ4n) is 3.90. The van der Waals surface area contributed by atoms with Crippen molar-refractivity contribution in [2.75, 3.05) is 53.1 Å². The number of carbonyl (C=O) groups is 1. The van der Waals surface area contributed by atoms with Crippen LogP contribution in [0.1, 0.15) is 11.1 Å². The molecule has 0 unspecified atom stereocenters. The van der Waals surface area contributed by atoms with Crippen molar-refractivity contribution in [2.45, 2.75) is 6.54 Å². The first-order valence-corrected chi connectivity index (χ1v) is 11.2. The van der Waals surface area contributed by atoms with Gasteiger partial charge in [-0.2, -0.15) is 0 Å². The van der Waals surface area contributed by atoms with Gasteiger partial charge in [0.1, 0.15) is 19.8 Å². The second-order valence-corrected chi connectivity index (χ2v) is 7.92. The molecule has 0 atom stereocenters. The SMILES string of the molecule is C=CCOc1ccc(/C=C/C(=O)N2CCN(Cc3ccc4c(c3)OCCO4)CC2)cc1OC. The lowest BCUT2D eigenvalue weighted by Gasteiger charge is -2.34. The number of fused-ring (bicyclic) bond motifs is 1. The van der Waals surface area contributed by atoms with Crippen LogP contribution in [0.4, 0.5) is 0 Å². The van der Waals surface area contributed by atoms with Gasteiger partial charge in [-0.1, -0.05) is 24.8 Å². The minimum atomic E-state index is 0.0138. The average Bonchev–Trinajstić information content (AvgIpc) is 2.86. The summed E-state index contributed by atoms with van der Waals surface area (Å²) in [5.41, 5.74) is 2.07. The fraction of sp³-hybridized carbons (Fsp3) is 0.346. The summed E-state index contributed by atoms with van der Waals surface area (Å²) in [6, 6.07) is 11.7. The van der Waals surface area contributed by atoms with E-state index in [-0.39, 0.29) is 5.91 Å². The molecule has 7 heteroatoms. The highest BCUT2D eigenvalue weighted by atomic mass is 16.6. The van der Waals surface area contributed by atoms with Crippen molar-refractivity contribution >= 4 is 12.0 Å². The van der Waals surface area contributed by atoms with E-state index in [1.54, 1.807) is 19.3 Å². The molecule has 174 valence electrons. The fourth-order valence-corrected chi connectivity index (χ4v) is 3.90. The molecule has 2 aliphatic heterocycles. The molecule has 33 heavy (non-hydrogen) atoms. The van der Waals surface area contributed by atoms with E-state index in [9.17, 15) is 4.79 Å². The predicted octanol–water partition coefficient (Wildman–Crippen LogP) is 3.39. The summed E-state index contributed by atoms with van der Waals surface area (Å²) in [5, 5.41) is 0. The topological polar surface area (TPSA) is 60.5 Å². The van der Waals surface area contributed by atoms with Gasteiger partial charge < -0.3 is 23.8 Å². The van der Waals surface area contributed by atoms with Crippen LogP contribution in [0.3, 0.4) is 0 Å². The zero-order valence-corrected chi connectivity index (χ0v) is 19.0. The van der Waals surface area contributed by atoms with Gasteiger partial charge >= 0.3 is 0 Å². The lowest BCUT2D eigenvalue weighted by molar-refractivity contribution is -0.127. The Balaban J connectivity index is 1.28. The number of piperazine rings is 1. The smallest absolute Gasteiger partial charge is 0.246 e. The van der Waals surface area contributed by atoms with Crippen molar-refractivity contribution in [3.63, 3.8) is 0 Å². The summed E-state index contributed by atoms with van der Waals surface area (Å²) in [6.45, 7) is 9.13. The number of benzene rings is 2. The second-order valence-electron chi connectivity index (χ2n) is 7.92. The van der Waals surface area contributed by atoms with Crippen LogP contribution in [0, 0.1) is 0 Å². The highest BCUT2D eigenvalue weighted by Crippen LogP contribution is 2.31. The molecule has 1 fully saturated rings. The Kier molecular flexibility index (Phi) is 7.52. The molecule has 0 spiro atoms. The molecular weight excluding hydrogens is 420 g/mol. The van der Waals surface area contributed by atoms with Crippen LogP contribution in [0.15, 0.2) is 55.1 Å². The Labute approximate surface area is 194 Å². The third-order valence-electron chi connectivity index (χ3n) is 5.66. The summed E-state index contributed by atoms with van der Waals surface area (Å²) in [6.07, 6.45) is 5.11. The van der Waals surface area contributed by atoms with E-state index in [1.807, 2.05) is 35.2 Å². The Morgan fingerprint density at radius 1 is 1.03 bits per heavy atom. The summed E-state index contributed by atoms with van der Waals surface area (Å²) in [7, 11) is 1.60. The maximum atomic E-state index is 12.7. The van der Waals surface area contributed by atoms with Crippen molar-refractivity contribution < 1.29 is 23.7 Å². The van der Waals surface area contributed by atoms with E-state index < -0.39 is 0 Å². The second kappa shape index (κ2) is 10.9. The number of nitrogens with zero attached hydrogens (tertiary/aromatic N) is 2. The minimum absolute atomic E-state index is 0.0138. The van der Waals surface area contributed by atoms with E-state index in [0.717, 1.165) is 36.7 Å². The molecule has 2 heterocycles. The van der Waals surface area contributed by atoms with Gasteiger partial charge in [-0.15, -0.1) is 0 Å². The van der Waals surface area contributed by atoms with Crippen molar-refractivity contribution in [2.24, 2.45) is 0 Å². The Hall–Kier alpha value is -3.45. The van der Waals surface area contributed by atoms with E-state index in [4.69, 9.17) is 18.9 Å². The summed E-state index contributed by atoms with van der Waals surface area (Å²) < 4.78 is 22.2. The van der Waals surface area contributed by atoms with E-state index >= 15 is 0 Å². The summed E-state index contributed by atoms with van der Waals surface area (Å²) in [4.78, 5) is 16.9. The molecule has 1 saturated heterocycles. The molecule has 4 rings (SSSR count). The van der Waals surface area contributed by atoms with Gasteiger partial charge in [0.15, 0.2) is 23.0 Å². The lowest BCUT2D eigenvalue weighted by Crippen LogP contribution is -2.47. The molecule has 2 aromatic carbocycles. The highest BCUT2D eigenvalue weighted by molar-refractivity contribution is 5.92. The molecule has 0 aromatic heterocycles. The molecule has 2 aliphatic rings. The number of carbonyl (C=O) groups excluding carboxylic acids is 1. The maximum Gasteiger partial charge on any atom is 0.246 e. The van der Waals surface area contributed by atoms with Crippen LogP contribution in [0.2, 0.25) is 0 Å². The number of methoxy groups -OCH3 is 1. The summed E-state index contributed by atoms with van der Waals surface area (Å²) in [5.74, 6) is 2.91. The Morgan fingerprint density at radius 3 is 2.58 bits per heavy atom. The van der Waals surface area contributed by atoms with Gasteiger partial charge in [0.2, 0.25) is 5.91 Å². The first-order valence-electron chi connectivity index (χ1n) is 11.2. The molecule has 0 radical (unpaired) electrons. The molecule has 1 amide bonds. The molecule has 0 aliphatic carbocycles. The molecule has 7 nitrogen and oxygen atoms in total. The highest BCUT2D eigenvalue weighted by Gasteiger charge is 2.20. The van der Waals surface area contributed by atoms with Gasteiger partial charge in [0.25, 0.3) is 0 Å².